The molecule has 0 heterocycles. The molecule has 0 aliphatic heterocycles. The third-order valence-corrected chi connectivity index (χ3v) is 2.83. The molecule has 16 heavy (non-hydrogen) atoms. The van der Waals surface area contributed by atoms with Crippen LogP contribution >= 0.6 is 0 Å². The molecule has 2 nitrogen and oxygen atoms in total. The standard InChI is InChI=1S/C14H32N2/c1-11(2)10-16(12(3)4)13(9-15)8-14(5,6)7/h11-13H,8-10,15H2,1-7H3. The maximum atomic E-state index is 5.95. The van der Waals surface area contributed by atoms with Crippen molar-refractivity contribution >= 4 is 0 Å². The van der Waals surface area contributed by atoms with Gasteiger partial charge in [0.2, 0.25) is 0 Å². The van der Waals surface area contributed by atoms with Crippen molar-refractivity contribution in [2.45, 2.75) is 67.0 Å². The fourth-order valence-corrected chi connectivity index (χ4v) is 2.25. The molecule has 1 unspecified atom stereocenters. The van der Waals surface area contributed by atoms with E-state index in [0.717, 1.165) is 13.1 Å². The zero-order valence-corrected chi connectivity index (χ0v) is 12.4. The quantitative estimate of drug-likeness (QED) is 0.757. The average Bonchev–Trinajstić information content (AvgIpc) is 2.08. The zero-order valence-electron chi connectivity index (χ0n) is 12.4. The minimum atomic E-state index is 0.355. The minimum absolute atomic E-state index is 0.355. The molecule has 0 amide bonds. The third-order valence-electron chi connectivity index (χ3n) is 2.83. The summed E-state index contributed by atoms with van der Waals surface area (Å²) in [6.45, 7) is 17.9. The van der Waals surface area contributed by atoms with Crippen molar-refractivity contribution in [2.75, 3.05) is 13.1 Å². The maximum Gasteiger partial charge on any atom is 0.0226 e. The highest BCUT2D eigenvalue weighted by atomic mass is 15.2. The molecule has 0 radical (unpaired) electrons. The molecule has 1 atom stereocenters. The van der Waals surface area contributed by atoms with Gasteiger partial charge in [-0.1, -0.05) is 34.6 Å². The van der Waals surface area contributed by atoms with Crippen molar-refractivity contribution in [3.63, 3.8) is 0 Å². The van der Waals surface area contributed by atoms with Gasteiger partial charge in [-0.3, -0.25) is 4.90 Å². The Morgan fingerprint density at radius 1 is 1.06 bits per heavy atom. The van der Waals surface area contributed by atoms with E-state index >= 15 is 0 Å². The lowest BCUT2D eigenvalue weighted by Crippen LogP contribution is -2.48. The SMILES string of the molecule is CC(C)CN(C(C)C)C(CN)CC(C)(C)C. The van der Waals surface area contributed by atoms with Gasteiger partial charge in [-0.15, -0.1) is 0 Å². The first-order valence-corrected chi connectivity index (χ1v) is 6.63. The number of nitrogens with zero attached hydrogens (tertiary/aromatic N) is 1. The van der Waals surface area contributed by atoms with E-state index in [1.165, 1.54) is 6.42 Å². The van der Waals surface area contributed by atoms with Crippen molar-refractivity contribution in [1.29, 1.82) is 0 Å². The van der Waals surface area contributed by atoms with Crippen LogP contribution in [0.2, 0.25) is 0 Å². The van der Waals surface area contributed by atoms with Crippen LogP contribution in [0.5, 0.6) is 0 Å². The molecule has 0 rings (SSSR count). The fourth-order valence-electron chi connectivity index (χ4n) is 2.25. The lowest BCUT2D eigenvalue weighted by molar-refractivity contribution is 0.106. The Balaban J connectivity index is 4.58. The van der Waals surface area contributed by atoms with Gasteiger partial charge in [-0.2, -0.15) is 0 Å². The van der Waals surface area contributed by atoms with Gasteiger partial charge in [-0.25, -0.2) is 0 Å². The summed E-state index contributed by atoms with van der Waals surface area (Å²) in [5, 5.41) is 0. The monoisotopic (exact) mass is 228 g/mol. The van der Waals surface area contributed by atoms with Crippen molar-refractivity contribution in [3.8, 4) is 0 Å². The molecule has 0 aromatic carbocycles. The topological polar surface area (TPSA) is 29.3 Å². The second kappa shape index (κ2) is 6.61. The predicted molar refractivity (Wildman–Crippen MR) is 73.6 cm³/mol. The normalized spacial score (nSPS) is 15.2. The van der Waals surface area contributed by atoms with Crippen LogP contribution in [0, 0.1) is 11.3 Å². The van der Waals surface area contributed by atoms with Crippen molar-refractivity contribution < 1.29 is 0 Å². The lowest BCUT2D eigenvalue weighted by Gasteiger charge is -2.38. The van der Waals surface area contributed by atoms with Gasteiger partial charge in [0.15, 0.2) is 0 Å². The highest BCUT2D eigenvalue weighted by molar-refractivity contribution is 4.81. The van der Waals surface area contributed by atoms with Crippen LogP contribution in [0.1, 0.15) is 54.9 Å². The van der Waals surface area contributed by atoms with Crippen molar-refractivity contribution in [3.05, 3.63) is 0 Å². The zero-order chi connectivity index (χ0) is 12.9. The van der Waals surface area contributed by atoms with E-state index in [4.69, 9.17) is 5.73 Å². The predicted octanol–water partition coefficient (Wildman–Crippen LogP) is 3.12. The molecule has 0 aromatic rings. The van der Waals surface area contributed by atoms with Crippen LogP contribution in [0.15, 0.2) is 0 Å². The van der Waals surface area contributed by atoms with Gasteiger partial charge >= 0.3 is 0 Å². The number of hydrogen-bond acceptors (Lipinski definition) is 2. The van der Waals surface area contributed by atoms with Crippen molar-refractivity contribution in [2.24, 2.45) is 17.1 Å². The average molecular weight is 228 g/mol. The van der Waals surface area contributed by atoms with Crippen LogP contribution in [-0.2, 0) is 0 Å². The van der Waals surface area contributed by atoms with Crippen LogP contribution < -0.4 is 5.73 Å². The molecular weight excluding hydrogens is 196 g/mol. The molecule has 2 heteroatoms. The molecule has 0 fully saturated rings. The molecule has 2 N–H and O–H groups in total. The summed E-state index contributed by atoms with van der Waals surface area (Å²) in [6, 6.07) is 1.10. The summed E-state index contributed by atoms with van der Waals surface area (Å²) < 4.78 is 0. The van der Waals surface area contributed by atoms with Gasteiger partial charge < -0.3 is 5.73 Å². The van der Waals surface area contributed by atoms with Gasteiger partial charge in [0.05, 0.1) is 0 Å². The smallest absolute Gasteiger partial charge is 0.0226 e. The molecule has 0 saturated heterocycles. The van der Waals surface area contributed by atoms with Gasteiger partial charge in [0.25, 0.3) is 0 Å². The minimum Gasteiger partial charge on any atom is -0.329 e. The maximum absolute atomic E-state index is 5.95. The summed E-state index contributed by atoms with van der Waals surface area (Å²) in [5.41, 5.74) is 6.31. The van der Waals surface area contributed by atoms with E-state index in [1.807, 2.05) is 0 Å². The first-order chi connectivity index (χ1) is 7.17. The van der Waals surface area contributed by atoms with Gasteiger partial charge in [0, 0.05) is 25.2 Å². The van der Waals surface area contributed by atoms with E-state index in [9.17, 15) is 0 Å². The highest BCUT2D eigenvalue weighted by Crippen LogP contribution is 2.24. The molecular formula is C14H32N2. The number of rotatable bonds is 6. The lowest BCUT2D eigenvalue weighted by atomic mass is 9.87. The summed E-state index contributed by atoms with van der Waals surface area (Å²) in [5.74, 6) is 0.705. The molecule has 0 bridgehead atoms. The Bertz CT molecular complexity index is 180. The van der Waals surface area contributed by atoms with E-state index < -0.39 is 0 Å². The molecule has 0 aliphatic carbocycles. The Morgan fingerprint density at radius 3 is 1.81 bits per heavy atom. The Morgan fingerprint density at radius 2 is 1.56 bits per heavy atom. The summed E-state index contributed by atoms with van der Waals surface area (Å²) >= 11 is 0. The van der Waals surface area contributed by atoms with E-state index in [1.54, 1.807) is 0 Å². The second-order valence-corrected chi connectivity index (χ2v) is 6.84. The summed E-state index contributed by atoms with van der Waals surface area (Å²) in [7, 11) is 0. The first-order valence-electron chi connectivity index (χ1n) is 6.63. The molecule has 98 valence electrons. The van der Waals surface area contributed by atoms with E-state index in [-0.39, 0.29) is 0 Å². The third kappa shape index (κ3) is 6.49. The highest BCUT2D eigenvalue weighted by Gasteiger charge is 2.25. The Labute approximate surface area is 103 Å². The Hall–Kier alpha value is -0.0800. The van der Waals surface area contributed by atoms with Gasteiger partial charge in [0.1, 0.15) is 0 Å². The number of nitrogens with two attached hydrogens (primary N) is 1. The van der Waals surface area contributed by atoms with Crippen LogP contribution in [0.4, 0.5) is 0 Å². The fraction of sp³-hybridized carbons (Fsp3) is 1.00. The molecule has 0 aromatic heterocycles. The number of hydrogen-bond donors (Lipinski definition) is 1. The van der Waals surface area contributed by atoms with Crippen molar-refractivity contribution in [1.82, 2.24) is 4.90 Å². The summed E-state index contributed by atoms with van der Waals surface area (Å²) in [4.78, 5) is 2.57. The summed E-state index contributed by atoms with van der Waals surface area (Å²) in [6.07, 6.45) is 1.18. The van der Waals surface area contributed by atoms with Crippen LogP contribution in [0.3, 0.4) is 0 Å². The molecule has 0 aliphatic rings. The first kappa shape index (κ1) is 15.9. The van der Waals surface area contributed by atoms with Crippen LogP contribution in [-0.4, -0.2) is 30.1 Å². The van der Waals surface area contributed by atoms with E-state index in [2.05, 4.69) is 53.4 Å². The molecule has 0 saturated carbocycles. The molecule has 0 spiro atoms. The second-order valence-electron chi connectivity index (χ2n) is 6.84. The van der Waals surface area contributed by atoms with Gasteiger partial charge in [-0.05, 0) is 31.6 Å². The van der Waals surface area contributed by atoms with Crippen LogP contribution in [0.25, 0.3) is 0 Å². The van der Waals surface area contributed by atoms with E-state index in [0.29, 0.717) is 23.4 Å². The Kier molecular flexibility index (Phi) is 6.57. The largest absolute Gasteiger partial charge is 0.329 e.